The molecule has 0 fully saturated rings. The number of ether oxygens (including phenoxy) is 2. The van der Waals surface area contributed by atoms with Crippen molar-refractivity contribution >= 4 is 11.6 Å². The lowest BCUT2D eigenvalue weighted by atomic mass is 10.2. The summed E-state index contributed by atoms with van der Waals surface area (Å²) in [5.74, 6) is 1.41. The molecule has 0 unspecified atom stereocenters. The molecule has 2 aromatic carbocycles. The molecule has 0 radical (unpaired) electrons. The third-order valence-electron chi connectivity index (χ3n) is 3.45. The van der Waals surface area contributed by atoms with Crippen LogP contribution < -0.4 is 20.1 Å². The van der Waals surface area contributed by atoms with Crippen molar-refractivity contribution < 1.29 is 14.3 Å². The number of benzene rings is 2. The van der Waals surface area contributed by atoms with Crippen molar-refractivity contribution in [3.8, 4) is 11.5 Å². The van der Waals surface area contributed by atoms with Gasteiger partial charge in [-0.1, -0.05) is 24.3 Å². The number of rotatable bonds is 5. The Morgan fingerprint density at radius 2 is 1.91 bits per heavy atom. The van der Waals surface area contributed by atoms with E-state index in [-0.39, 0.29) is 18.7 Å². The van der Waals surface area contributed by atoms with Crippen molar-refractivity contribution in [3.05, 3.63) is 54.1 Å². The third-order valence-corrected chi connectivity index (χ3v) is 3.45. The highest BCUT2D eigenvalue weighted by Crippen LogP contribution is 2.32. The minimum atomic E-state index is -0.309. The van der Waals surface area contributed by atoms with Crippen molar-refractivity contribution in [2.24, 2.45) is 0 Å². The number of fused-ring (bicyclic) bond motifs is 1. The number of anilines is 1. The van der Waals surface area contributed by atoms with Gasteiger partial charge >= 0.3 is 0 Å². The molecular weight excluding hydrogens is 280 g/mol. The fourth-order valence-corrected chi connectivity index (χ4v) is 2.24. The Kier molecular flexibility index (Phi) is 4.14. The topological polar surface area (TPSA) is 59.6 Å². The van der Waals surface area contributed by atoms with Gasteiger partial charge in [-0.25, -0.2) is 0 Å². The van der Waals surface area contributed by atoms with Crippen LogP contribution in [0, 0.1) is 0 Å². The van der Waals surface area contributed by atoms with E-state index in [9.17, 15) is 4.79 Å². The average Bonchev–Trinajstić information content (AvgIpc) is 3.01. The molecule has 1 aliphatic heterocycles. The van der Waals surface area contributed by atoms with Gasteiger partial charge in [-0.15, -0.1) is 0 Å². The summed E-state index contributed by atoms with van der Waals surface area (Å²) < 4.78 is 10.6. The van der Waals surface area contributed by atoms with Crippen molar-refractivity contribution in [2.45, 2.75) is 19.5 Å². The zero-order valence-electron chi connectivity index (χ0n) is 12.3. The molecule has 1 aliphatic rings. The van der Waals surface area contributed by atoms with Gasteiger partial charge in [-0.3, -0.25) is 4.79 Å². The van der Waals surface area contributed by atoms with Gasteiger partial charge in [0.15, 0.2) is 11.5 Å². The van der Waals surface area contributed by atoms with Gasteiger partial charge in [0.1, 0.15) is 6.04 Å². The summed E-state index contributed by atoms with van der Waals surface area (Å²) in [6, 6.07) is 15.0. The molecule has 0 aromatic heterocycles. The van der Waals surface area contributed by atoms with E-state index in [1.165, 1.54) is 0 Å². The summed E-state index contributed by atoms with van der Waals surface area (Å²) in [7, 11) is 0. The number of hydrogen-bond acceptors (Lipinski definition) is 4. The molecule has 3 rings (SSSR count). The molecule has 0 bridgehead atoms. The minimum absolute atomic E-state index is 0.0541. The lowest BCUT2D eigenvalue weighted by molar-refractivity contribution is -0.121. The molecule has 5 heteroatoms. The minimum Gasteiger partial charge on any atom is -0.454 e. The monoisotopic (exact) mass is 298 g/mol. The molecule has 1 amide bonds. The maximum Gasteiger partial charge on any atom is 0.242 e. The van der Waals surface area contributed by atoms with Gasteiger partial charge in [0.25, 0.3) is 0 Å². The molecule has 114 valence electrons. The molecule has 0 aliphatic carbocycles. The predicted molar refractivity (Wildman–Crippen MR) is 83.9 cm³/mol. The molecule has 0 spiro atoms. The summed E-state index contributed by atoms with van der Waals surface area (Å²) in [5, 5.41) is 6.08. The van der Waals surface area contributed by atoms with Crippen LogP contribution in [0.2, 0.25) is 0 Å². The van der Waals surface area contributed by atoms with E-state index < -0.39 is 0 Å². The van der Waals surface area contributed by atoms with E-state index in [0.717, 1.165) is 22.7 Å². The van der Waals surface area contributed by atoms with Crippen LogP contribution in [0.4, 0.5) is 5.69 Å². The van der Waals surface area contributed by atoms with Crippen LogP contribution in [-0.4, -0.2) is 18.7 Å². The van der Waals surface area contributed by atoms with E-state index >= 15 is 0 Å². The van der Waals surface area contributed by atoms with Crippen LogP contribution >= 0.6 is 0 Å². The Morgan fingerprint density at radius 1 is 1.14 bits per heavy atom. The number of nitrogens with one attached hydrogen (secondary N) is 2. The van der Waals surface area contributed by atoms with E-state index in [1.807, 2.05) is 55.5 Å². The molecular formula is C17H18N2O3. The van der Waals surface area contributed by atoms with Crippen LogP contribution in [0.1, 0.15) is 12.5 Å². The molecule has 0 saturated heterocycles. The summed E-state index contributed by atoms with van der Waals surface area (Å²) in [4.78, 5) is 12.1. The molecule has 2 N–H and O–H groups in total. The number of carbonyl (C=O) groups excluding carboxylic acids is 1. The maximum atomic E-state index is 12.1. The second kappa shape index (κ2) is 6.39. The first-order valence-electron chi connectivity index (χ1n) is 7.20. The highest BCUT2D eigenvalue weighted by molar-refractivity contribution is 5.84. The van der Waals surface area contributed by atoms with E-state index in [0.29, 0.717) is 6.54 Å². The van der Waals surface area contributed by atoms with Crippen molar-refractivity contribution in [3.63, 3.8) is 0 Å². The standard InChI is InChI=1S/C17H18N2O3/c1-12(19-14-5-3-2-4-6-14)17(20)18-10-13-7-8-15-16(9-13)22-11-21-15/h2-9,12,19H,10-11H2,1H3,(H,18,20)/t12-/m0/s1. The number of hydrogen-bond donors (Lipinski definition) is 2. The fraction of sp³-hybridized carbons (Fsp3) is 0.235. The first kappa shape index (κ1) is 14.3. The highest BCUT2D eigenvalue weighted by Gasteiger charge is 2.15. The lowest BCUT2D eigenvalue weighted by Gasteiger charge is -2.15. The zero-order chi connectivity index (χ0) is 15.4. The summed E-state index contributed by atoms with van der Waals surface area (Å²) in [6.07, 6.45) is 0. The van der Waals surface area contributed by atoms with Gasteiger partial charge in [-0.05, 0) is 36.8 Å². The van der Waals surface area contributed by atoms with Crippen LogP contribution in [0.5, 0.6) is 11.5 Å². The van der Waals surface area contributed by atoms with Gasteiger partial charge in [-0.2, -0.15) is 0 Å². The zero-order valence-corrected chi connectivity index (χ0v) is 12.3. The van der Waals surface area contributed by atoms with E-state index in [4.69, 9.17) is 9.47 Å². The lowest BCUT2D eigenvalue weighted by Crippen LogP contribution is -2.37. The van der Waals surface area contributed by atoms with Crippen LogP contribution in [-0.2, 0) is 11.3 Å². The van der Waals surface area contributed by atoms with E-state index in [2.05, 4.69) is 10.6 Å². The van der Waals surface area contributed by atoms with Gasteiger partial charge in [0.05, 0.1) is 0 Å². The summed E-state index contributed by atoms with van der Waals surface area (Å²) >= 11 is 0. The molecule has 2 aromatic rings. The molecule has 22 heavy (non-hydrogen) atoms. The second-order valence-electron chi connectivity index (χ2n) is 5.14. The molecule has 5 nitrogen and oxygen atoms in total. The second-order valence-corrected chi connectivity index (χ2v) is 5.14. The Balaban J connectivity index is 1.53. The van der Waals surface area contributed by atoms with Gasteiger partial charge in [0, 0.05) is 12.2 Å². The average molecular weight is 298 g/mol. The third kappa shape index (κ3) is 3.31. The SMILES string of the molecule is C[C@H](Nc1ccccc1)C(=O)NCc1ccc2c(c1)OCO2. The largest absolute Gasteiger partial charge is 0.454 e. The molecule has 0 saturated carbocycles. The Hall–Kier alpha value is -2.69. The quantitative estimate of drug-likeness (QED) is 0.890. The van der Waals surface area contributed by atoms with Crippen LogP contribution in [0.3, 0.4) is 0 Å². The Morgan fingerprint density at radius 3 is 2.73 bits per heavy atom. The van der Waals surface area contributed by atoms with Crippen molar-refractivity contribution in [1.29, 1.82) is 0 Å². The first-order valence-corrected chi connectivity index (χ1v) is 7.20. The maximum absolute atomic E-state index is 12.1. The number of para-hydroxylation sites is 1. The highest BCUT2D eigenvalue weighted by atomic mass is 16.7. The van der Waals surface area contributed by atoms with Crippen LogP contribution in [0.15, 0.2) is 48.5 Å². The van der Waals surface area contributed by atoms with Crippen LogP contribution in [0.25, 0.3) is 0 Å². The smallest absolute Gasteiger partial charge is 0.242 e. The Labute approximate surface area is 129 Å². The van der Waals surface area contributed by atoms with E-state index in [1.54, 1.807) is 0 Å². The van der Waals surface area contributed by atoms with Crippen molar-refractivity contribution in [1.82, 2.24) is 5.32 Å². The number of carbonyl (C=O) groups is 1. The predicted octanol–water partition coefficient (Wildman–Crippen LogP) is 2.53. The van der Waals surface area contributed by atoms with Gasteiger partial charge < -0.3 is 20.1 Å². The molecule has 1 atom stereocenters. The first-order chi connectivity index (χ1) is 10.7. The normalized spacial score (nSPS) is 13.5. The summed E-state index contributed by atoms with van der Waals surface area (Å²) in [5.41, 5.74) is 1.90. The molecule has 1 heterocycles. The summed E-state index contributed by atoms with van der Waals surface area (Å²) in [6.45, 7) is 2.54. The van der Waals surface area contributed by atoms with Gasteiger partial charge in [0.2, 0.25) is 12.7 Å². The van der Waals surface area contributed by atoms with Crippen molar-refractivity contribution in [2.75, 3.05) is 12.1 Å². The number of amides is 1. The Bertz CT molecular complexity index is 658. The fourth-order valence-electron chi connectivity index (χ4n) is 2.24.